The average molecular weight is 300 g/mol. The van der Waals surface area contributed by atoms with Crippen LogP contribution in [-0.2, 0) is 9.59 Å². The Bertz CT molecular complexity index is 613. The van der Waals surface area contributed by atoms with Gasteiger partial charge in [0.25, 0.3) is 0 Å². The molecule has 120 valence electrons. The molecule has 2 heteroatoms. The van der Waals surface area contributed by atoms with E-state index in [9.17, 15) is 9.59 Å². The number of ketones is 2. The minimum Gasteiger partial charge on any atom is -0.295 e. The van der Waals surface area contributed by atoms with Crippen molar-refractivity contribution in [1.82, 2.24) is 0 Å². The first-order valence-corrected chi connectivity index (χ1v) is 8.95. The first-order chi connectivity index (χ1) is 10.1. The van der Waals surface area contributed by atoms with E-state index in [-0.39, 0.29) is 33.2 Å². The van der Waals surface area contributed by atoms with Crippen LogP contribution in [0.25, 0.3) is 0 Å². The number of hydrogen-bond donors (Lipinski definition) is 0. The third kappa shape index (κ3) is 1.47. The number of allylic oxidation sites excluding steroid dienone is 2. The standard InChI is InChI=1S/C20H28O2/c1-17(2)6-5-7-19(4)15(17)11-14(21)13-10-16(22)18(3)8-9-20(13,19)12-18/h10,15H,5-9,11-12H2,1-4H3/t15-,18+,19-,20-/m0/s1. The topological polar surface area (TPSA) is 34.1 Å². The summed E-state index contributed by atoms with van der Waals surface area (Å²) in [6.07, 6.45) is 9.04. The van der Waals surface area contributed by atoms with E-state index in [0.717, 1.165) is 24.8 Å². The van der Waals surface area contributed by atoms with E-state index in [2.05, 4.69) is 27.7 Å². The van der Waals surface area contributed by atoms with Gasteiger partial charge in [0.1, 0.15) is 0 Å². The number of carbonyl (C=O) groups is 2. The van der Waals surface area contributed by atoms with E-state index >= 15 is 0 Å². The summed E-state index contributed by atoms with van der Waals surface area (Å²) in [5.74, 6) is 0.949. The molecule has 0 aromatic rings. The predicted octanol–water partition coefficient (Wildman–Crippen LogP) is 4.48. The molecule has 2 bridgehead atoms. The highest BCUT2D eigenvalue weighted by Crippen LogP contribution is 2.73. The normalized spacial score (nSPS) is 49.5. The maximum Gasteiger partial charge on any atom is 0.161 e. The maximum absolute atomic E-state index is 12.9. The third-order valence-electron chi connectivity index (χ3n) is 8.19. The summed E-state index contributed by atoms with van der Waals surface area (Å²) in [6.45, 7) is 9.29. The van der Waals surface area contributed by atoms with Gasteiger partial charge in [-0.2, -0.15) is 0 Å². The first-order valence-electron chi connectivity index (χ1n) is 8.95. The molecule has 4 rings (SSSR count). The van der Waals surface area contributed by atoms with Gasteiger partial charge in [-0.25, -0.2) is 0 Å². The summed E-state index contributed by atoms with van der Waals surface area (Å²) >= 11 is 0. The summed E-state index contributed by atoms with van der Waals surface area (Å²) < 4.78 is 0. The van der Waals surface area contributed by atoms with Crippen LogP contribution in [0, 0.1) is 27.6 Å². The van der Waals surface area contributed by atoms with E-state index in [4.69, 9.17) is 0 Å². The Balaban J connectivity index is 1.93. The highest BCUT2D eigenvalue weighted by molar-refractivity contribution is 6.08. The van der Waals surface area contributed by atoms with E-state index in [1.807, 2.05) is 0 Å². The monoisotopic (exact) mass is 300 g/mol. The van der Waals surface area contributed by atoms with Gasteiger partial charge >= 0.3 is 0 Å². The molecule has 0 aromatic heterocycles. The molecule has 0 amide bonds. The van der Waals surface area contributed by atoms with Crippen LogP contribution < -0.4 is 0 Å². The van der Waals surface area contributed by atoms with E-state index in [0.29, 0.717) is 12.3 Å². The summed E-state index contributed by atoms with van der Waals surface area (Å²) in [6, 6.07) is 0. The molecule has 1 spiro atoms. The minimum absolute atomic E-state index is 0.0205. The summed E-state index contributed by atoms with van der Waals surface area (Å²) in [7, 11) is 0. The Kier molecular flexibility index (Phi) is 2.62. The van der Waals surface area contributed by atoms with E-state index in [1.165, 1.54) is 19.3 Å². The molecule has 0 aromatic carbocycles. The molecule has 0 unspecified atom stereocenters. The van der Waals surface area contributed by atoms with Crippen molar-refractivity contribution in [3.05, 3.63) is 11.6 Å². The Hall–Kier alpha value is -0.920. The fourth-order valence-corrected chi connectivity index (χ4v) is 6.85. The van der Waals surface area contributed by atoms with Crippen molar-refractivity contribution in [3.8, 4) is 0 Å². The lowest BCUT2D eigenvalue weighted by Gasteiger charge is -2.63. The van der Waals surface area contributed by atoms with Gasteiger partial charge in [-0.3, -0.25) is 9.59 Å². The molecule has 0 radical (unpaired) electrons. The number of Topliss-reactive ketones (excluding diaryl/α,β-unsaturated/α-hetero) is 1. The second-order valence-electron chi connectivity index (χ2n) is 9.68. The smallest absolute Gasteiger partial charge is 0.161 e. The molecule has 4 aliphatic rings. The largest absolute Gasteiger partial charge is 0.295 e. The molecule has 2 nitrogen and oxygen atoms in total. The second kappa shape index (κ2) is 3.94. The Morgan fingerprint density at radius 2 is 1.73 bits per heavy atom. The van der Waals surface area contributed by atoms with Gasteiger partial charge in [0, 0.05) is 22.8 Å². The molecule has 3 saturated carbocycles. The first kappa shape index (κ1) is 14.7. The van der Waals surface area contributed by atoms with Gasteiger partial charge in [0.2, 0.25) is 0 Å². The Labute approximate surface area is 133 Å². The van der Waals surface area contributed by atoms with Crippen LogP contribution in [0.1, 0.15) is 72.6 Å². The quantitative estimate of drug-likeness (QED) is 0.661. The van der Waals surface area contributed by atoms with Crippen molar-refractivity contribution < 1.29 is 9.59 Å². The van der Waals surface area contributed by atoms with Crippen LogP contribution in [0.4, 0.5) is 0 Å². The summed E-state index contributed by atoms with van der Waals surface area (Å²) in [5.41, 5.74) is 1.10. The molecule has 4 atom stereocenters. The number of carbonyl (C=O) groups excluding carboxylic acids is 2. The molecule has 22 heavy (non-hydrogen) atoms. The Morgan fingerprint density at radius 3 is 2.45 bits per heavy atom. The molecular weight excluding hydrogens is 272 g/mol. The van der Waals surface area contributed by atoms with Crippen LogP contribution in [0.2, 0.25) is 0 Å². The lowest BCUT2D eigenvalue weighted by molar-refractivity contribution is -0.145. The average Bonchev–Trinajstić information content (AvgIpc) is 2.74. The summed E-state index contributed by atoms with van der Waals surface area (Å²) in [4.78, 5) is 25.5. The zero-order valence-electron chi connectivity index (χ0n) is 14.4. The lowest BCUT2D eigenvalue weighted by atomic mass is 9.40. The van der Waals surface area contributed by atoms with Gasteiger partial charge in [0.15, 0.2) is 11.6 Å². The van der Waals surface area contributed by atoms with Crippen molar-refractivity contribution in [2.45, 2.75) is 72.6 Å². The van der Waals surface area contributed by atoms with Crippen LogP contribution >= 0.6 is 0 Å². The van der Waals surface area contributed by atoms with Crippen LogP contribution in [-0.4, -0.2) is 11.6 Å². The zero-order valence-corrected chi connectivity index (χ0v) is 14.4. The molecule has 0 N–H and O–H groups in total. The van der Waals surface area contributed by atoms with Gasteiger partial charge in [-0.15, -0.1) is 0 Å². The van der Waals surface area contributed by atoms with Crippen molar-refractivity contribution in [2.75, 3.05) is 0 Å². The van der Waals surface area contributed by atoms with E-state index in [1.54, 1.807) is 6.08 Å². The third-order valence-corrected chi connectivity index (χ3v) is 8.19. The Morgan fingerprint density at radius 1 is 1.00 bits per heavy atom. The van der Waals surface area contributed by atoms with Crippen molar-refractivity contribution in [1.29, 1.82) is 0 Å². The lowest BCUT2D eigenvalue weighted by Crippen LogP contribution is -2.58. The molecule has 4 aliphatic carbocycles. The van der Waals surface area contributed by atoms with Crippen LogP contribution in [0.3, 0.4) is 0 Å². The summed E-state index contributed by atoms with van der Waals surface area (Å²) in [5, 5.41) is 0. The molecule has 0 saturated heterocycles. The fourth-order valence-electron chi connectivity index (χ4n) is 6.85. The fraction of sp³-hybridized carbons (Fsp3) is 0.800. The molecule has 3 fully saturated rings. The maximum atomic E-state index is 12.9. The van der Waals surface area contributed by atoms with Gasteiger partial charge in [0.05, 0.1) is 0 Å². The number of fused-ring (bicyclic) bond motifs is 2. The SMILES string of the molecule is CC1(C)CCC[C@@]2(C)[C@H]1CC(=O)C1=CC(=O)[C@]3(C)CC[C@]12C3. The van der Waals surface area contributed by atoms with E-state index < -0.39 is 0 Å². The minimum atomic E-state index is -0.212. The number of hydrogen-bond acceptors (Lipinski definition) is 2. The molecule has 0 aliphatic heterocycles. The molecule has 0 heterocycles. The van der Waals surface area contributed by atoms with Crippen molar-refractivity contribution in [3.63, 3.8) is 0 Å². The predicted molar refractivity (Wildman–Crippen MR) is 86.3 cm³/mol. The van der Waals surface area contributed by atoms with Gasteiger partial charge in [-0.05, 0) is 54.9 Å². The highest BCUT2D eigenvalue weighted by Gasteiger charge is 2.68. The van der Waals surface area contributed by atoms with Crippen molar-refractivity contribution in [2.24, 2.45) is 27.6 Å². The molecular formula is C20H28O2. The zero-order chi connectivity index (χ0) is 16.0. The number of rotatable bonds is 0. The van der Waals surface area contributed by atoms with Crippen LogP contribution in [0.5, 0.6) is 0 Å². The highest BCUT2D eigenvalue weighted by atomic mass is 16.1. The van der Waals surface area contributed by atoms with Gasteiger partial charge in [-0.1, -0.05) is 34.1 Å². The van der Waals surface area contributed by atoms with Crippen LogP contribution in [0.15, 0.2) is 11.6 Å². The van der Waals surface area contributed by atoms with Crippen molar-refractivity contribution >= 4 is 11.6 Å². The van der Waals surface area contributed by atoms with Gasteiger partial charge < -0.3 is 0 Å². The second-order valence-corrected chi connectivity index (χ2v) is 9.68.